The number of hydrogen-bond donors (Lipinski definition) is 0. The van der Waals surface area contributed by atoms with Crippen LogP contribution in [0.15, 0.2) is 79.5 Å². The van der Waals surface area contributed by atoms with Gasteiger partial charge in [-0.1, -0.05) is 30.3 Å². The SMILES string of the molecule is FC(F)(F)c1ccc(C2c3ccccc3C=CN2c2ncns2)c(-c2ccncc2)c1. The Morgan fingerprint density at radius 1 is 0.935 bits per heavy atom. The summed E-state index contributed by atoms with van der Waals surface area (Å²) in [6, 6.07) is 14.8. The van der Waals surface area contributed by atoms with Crippen LogP contribution in [0.5, 0.6) is 0 Å². The average molecular weight is 436 g/mol. The third-order valence-electron chi connectivity index (χ3n) is 5.22. The van der Waals surface area contributed by atoms with E-state index >= 15 is 0 Å². The number of benzene rings is 2. The zero-order valence-corrected chi connectivity index (χ0v) is 16.8. The highest BCUT2D eigenvalue weighted by Gasteiger charge is 2.34. The molecule has 0 aliphatic carbocycles. The van der Waals surface area contributed by atoms with Crippen LogP contribution in [-0.4, -0.2) is 14.3 Å². The minimum Gasteiger partial charge on any atom is -0.312 e. The first-order valence-corrected chi connectivity index (χ1v) is 10.2. The Morgan fingerprint density at radius 2 is 1.74 bits per heavy atom. The summed E-state index contributed by atoms with van der Waals surface area (Å²) in [4.78, 5) is 10.3. The molecule has 2 aromatic carbocycles. The number of nitrogens with zero attached hydrogens (tertiary/aromatic N) is 4. The summed E-state index contributed by atoms with van der Waals surface area (Å²) in [5.74, 6) is 0. The summed E-state index contributed by atoms with van der Waals surface area (Å²) in [5, 5.41) is 0.663. The molecule has 0 bridgehead atoms. The molecule has 0 amide bonds. The Morgan fingerprint density at radius 3 is 2.48 bits per heavy atom. The second-order valence-electron chi connectivity index (χ2n) is 7.01. The lowest BCUT2D eigenvalue weighted by Crippen LogP contribution is -2.28. The van der Waals surface area contributed by atoms with E-state index in [-0.39, 0.29) is 6.04 Å². The Bertz CT molecular complexity index is 1240. The third-order valence-corrected chi connectivity index (χ3v) is 5.90. The van der Waals surface area contributed by atoms with Crippen LogP contribution in [0.3, 0.4) is 0 Å². The van der Waals surface area contributed by atoms with Crippen molar-refractivity contribution in [3.8, 4) is 11.1 Å². The molecule has 1 aliphatic heterocycles. The summed E-state index contributed by atoms with van der Waals surface area (Å²) < 4.78 is 44.7. The molecule has 0 saturated carbocycles. The number of pyridine rings is 1. The Kier molecular flexibility index (Phi) is 4.78. The topological polar surface area (TPSA) is 41.9 Å². The molecule has 1 atom stereocenters. The van der Waals surface area contributed by atoms with Crippen molar-refractivity contribution in [1.82, 2.24) is 14.3 Å². The van der Waals surface area contributed by atoms with Gasteiger partial charge in [0, 0.05) is 30.1 Å². The highest BCUT2D eigenvalue weighted by atomic mass is 32.1. The zero-order chi connectivity index (χ0) is 21.4. The smallest absolute Gasteiger partial charge is 0.312 e. The van der Waals surface area contributed by atoms with E-state index in [4.69, 9.17) is 0 Å². The number of aromatic nitrogens is 3. The molecule has 3 heterocycles. The molecule has 0 saturated heterocycles. The standard InChI is InChI=1S/C23H15F3N4S/c24-23(25,26)17-5-6-19(20(13-17)16-7-10-27-11-8-16)21-18-4-2-1-3-15(18)9-12-30(21)22-28-14-29-31-22/h1-14,21H. The zero-order valence-electron chi connectivity index (χ0n) is 16.0. The second-order valence-corrected chi connectivity index (χ2v) is 7.77. The van der Waals surface area contributed by atoms with Crippen molar-refractivity contribution >= 4 is 22.7 Å². The number of rotatable bonds is 3. The lowest BCUT2D eigenvalue weighted by molar-refractivity contribution is -0.137. The first-order chi connectivity index (χ1) is 15.0. The fourth-order valence-electron chi connectivity index (χ4n) is 3.83. The Labute approximate surface area is 180 Å². The van der Waals surface area contributed by atoms with Crippen LogP contribution in [0.4, 0.5) is 18.3 Å². The molecular weight excluding hydrogens is 421 g/mol. The first kappa shape index (κ1) is 19.4. The van der Waals surface area contributed by atoms with Crippen LogP contribution in [0.2, 0.25) is 0 Å². The quantitative estimate of drug-likeness (QED) is 0.384. The maximum atomic E-state index is 13.5. The van der Waals surface area contributed by atoms with Gasteiger partial charge in [0.15, 0.2) is 0 Å². The van der Waals surface area contributed by atoms with E-state index in [1.54, 1.807) is 30.6 Å². The average Bonchev–Trinajstić information content (AvgIpc) is 3.33. The van der Waals surface area contributed by atoms with Crippen LogP contribution in [-0.2, 0) is 6.18 Å². The van der Waals surface area contributed by atoms with Gasteiger partial charge in [-0.15, -0.1) is 0 Å². The van der Waals surface area contributed by atoms with Crippen molar-refractivity contribution in [3.63, 3.8) is 0 Å². The fraction of sp³-hybridized carbons (Fsp3) is 0.0870. The summed E-state index contributed by atoms with van der Waals surface area (Å²) in [6.07, 6.45) is 4.07. The predicted octanol–water partition coefficient (Wildman–Crippen LogP) is 6.20. The van der Waals surface area contributed by atoms with Crippen molar-refractivity contribution in [3.05, 3.63) is 102 Å². The van der Waals surface area contributed by atoms with Crippen LogP contribution in [0, 0.1) is 0 Å². The van der Waals surface area contributed by atoms with Crippen LogP contribution >= 0.6 is 11.5 Å². The summed E-state index contributed by atoms with van der Waals surface area (Å²) >= 11 is 1.24. The molecule has 5 rings (SSSR count). The van der Waals surface area contributed by atoms with Gasteiger partial charge in [0.05, 0.1) is 11.6 Å². The highest BCUT2D eigenvalue weighted by Crippen LogP contribution is 2.44. The summed E-state index contributed by atoms with van der Waals surface area (Å²) in [7, 11) is 0. The van der Waals surface area contributed by atoms with E-state index in [0.717, 1.165) is 22.8 Å². The normalized spacial score (nSPS) is 15.7. The fourth-order valence-corrected chi connectivity index (χ4v) is 4.38. The number of halogens is 3. The number of alkyl halides is 3. The molecule has 0 N–H and O–H groups in total. The molecule has 4 aromatic rings. The Balaban J connectivity index is 1.76. The molecule has 1 unspecified atom stereocenters. The summed E-state index contributed by atoms with van der Waals surface area (Å²) in [6.45, 7) is 0. The van der Waals surface area contributed by atoms with Gasteiger partial charge < -0.3 is 4.90 Å². The van der Waals surface area contributed by atoms with E-state index in [2.05, 4.69) is 14.3 Å². The molecule has 8 heteroatoms. The molecule has 31 heavy (non-hydrogen) atoms. The minimum atomic E-state index is -4.44. The van der Waals surface area contributed by atoms with Gasteiger partial charge in [-0.3, -0.25) is 4.98 Å². The van der Waals surface area contributed by atoms with Gasteiger partial charge in [0.25, 0.3) is 0 Å². The Hall–Kier alpha value is -3.52. The van der Waals surface area contributed by atoms with Gasteiger partial charge >= 0.3 is 6.18 Å². The molecule has 0 spiro atoms. The van der Waals surface area contributed by atoms with Crippen molar-refractivity contribution in [2.75, 3.05) is 4.90 Å². The molecule has 1 aliphatic rings. The molecule has 2 aromatic heterocycles. The maximum absolute atomic E-state index is 13.5. The van der Waals surface area contributed by atoms with Crippen molar-refractivity contribution < 1.29 is 13.2 Å². The first-order valence-electron chi connectivity index (χ1n) is 9.46. The van der Waals surface area contributed by atoms with Crippen molar-refractivity contribution in [2.24, 2.45) is 0 Å². The lowest BCUT2D eigenvalue weighted by atomic mass is 9.86. The lowest BCUT2D eigenvalue weighted by Gasteiger charge is -2.34. The predicted molar refractivity (Wildman–Crippen MR) is 114 cm³/mol. The number of fused-ring (bicyclic) bond motifs is 1. The van der Waals surface area contributed by atoms with Gasteiger partial charge in [-0.05, 0) is 58.2 Å². The van der Waals surface area contributed by atoms with Gasteiger partial charge in [0.1, 0.15) is 6.33 Å². The molecule has 0 radical (unpaired) electrons. The molecule has 0 fully saturated rings. The molecular formula is C23H15F3N4S. The molecule has 154 valence electrons. The largest absolute Gasteiger partial charge is 0.416 e. The number of anilines is 1. The monoisotopic (exact) mass is 436 g/mol. The number of hydrogen-bond acceptors (Lipinski definition) is 5. The van der Waals surface area contributed by atoms with E-state index < -0.39 is 11.7 Å². The summed E-state index contributed by atoms with van der Waals surface area (Å²) in [5.41, 5.74) is 3.21. The highest BCUT2D eigenvalue weighted by molar-refractivity contribution is 7.09. The van der Waals surface area contributed by atoms with Crippen molar-refractivity contribution in [1.29, 1.82) is 0 Å². The third kappa shape index (κ3) is 3.59. The van der Waals surface area contributed by atoms with E-state index in [0.29, 0.717) is 16.3 Å². The van der Waals surface area contributed by atoms with Crippen molar-refractivity contribution in [2.45, 2.75) is 12.2 Å². The van der Waals surface area contributed by atoms with Crippen LogP contribution in [0.1, 0.15) is 28.3 Å². The molecule has 4 nitrogen and oxygen atoms in total. The minimum absolute atomic E-state index is 0.361. The second kappa shape index (κ2) is 7.63. The van der Waals surface area contributed by atoms with Crippen LogP contribution in [0.25, 0.3) is 17.2 Å². The van der Waals surface area contributed by atoms with E-state index in [1.165, 1.54) is 23.9 Å². The van der Waals surface area contributed by atoms with E-state index in [9.17, 15) is 13.2 Å². The van der Waals surface area contributed by atoms with Crippen LogP contribution < -0.4 is 4.90 Å². The van der Waals surface area contributed by atoms with E-state index in [1.807, 2.05) is 41.4 Å². The van der Waals surface area contributed by atoms with Gasteiger partial charge in [-0.25, -0.2) is 4.98 Å². The maximum Gasteiger partial charge on any atom is 0.416 e. The van der Waals surface area contributed by atoms with Gasteiger partial charge in [-0.2, -0.15) is 17.5 Å². The van der Waals surface area contributed by atoms with Gasteiger partial charge in [0.2, 0.25) is 5.13 Å².